The van der Waals surface area contributed by atoms with E-state index >= 15 is 0 Å². The van der Waals surface area contributed by atoms with Gasteiger partial charge in [0.05, 0.1) is 11.4 Å². The zero-order valence-corrected chi connectivity index (χ0v) is 10.0. The number of hydrogen-bond acceptors (Lipinski definition) is 3. The SMILES string of the molecule is C#CCNC(=O)c1cc(S(N)(=O)=O)ccc1C. The molecule has 0 heterocycles. The van der Waals surface area contributed by atoms with Crippen molar-refractivity contribution < 1.29 is 13.2 Å². The summed E-state index contributed by atoms with van der Waals surface area (Å²) in [5.41, 5.74) is 0.888. The zero-order chi connectivity index (χ0) is 13.1. The molecule has 1 aromatic carbocycles. The van der Waals surface area contributed by atoms with Crippen LogP contribution in [0.5, 0.6) is 0 Å². The van der Waals surface area contributed by atoms with Crippen LogP contribution in [0.15, 0.2) is 23.1 Å². The number of sulfonamides is 1. The maximum absolute atomic E-state index is 11.7. The summed E-state index contributed by atoms with van der Waals surface area (Å²) < 4.78 is 22.3. The normalized spacial score (nSPS) is 10.6. The highest BCUT2D eigenvalue weighted by Gasteiger charge is 2.14. The first-order valence-corrected chi connectivity index (χ1v) is 6.26. The maximum Gasteiger partial charge on any atom is 0.252 e. The fourth-order valence-electron chi connectivity index (χ4n) is 1.25. The van der Waals surface area contributed by atoms with Crippen LogP contribution in [0.25, 0.3) is 0 Å². The van der Waals surface area contributed by atoms with E-state index in [9.17, 15) is 13.2 Å². The number of nitrogens with two attached hydrogens (primary N) is 1. The van der Waals surface area contributed by atoms with Crippen molar-refractivity contribution in [3.05, 3.63) is 29.3 Å². The maximum atomic E-state index is 11.7. The Morgan fingerprint density at radius 2 is 2.18 bits per heavy atom. The van der Waals surface area contributed by atoms with Crippen LogP contribution >= 0.6 is 0 Å². The molecule has 0 aliphatic heterocycles. The van der Waals surface area contributed by atoms with Crippen molar-refractivity contribution in [2.45, 2.75) is 11.8 Å². The lowest BCUT2D eigenvalue weighted by atomic mass is 10.1. The Bertz CT molecular complexity index is 585. The van der Waals surface area contributed by atoms with Crippen molar-refractivity contribution >= 4 is 15.9 Å². The van der Waals surface area contributed by atoms with E-state index in [4.69, 9.17) is 11.6 Å². The number of terminal acetylenes is 1. The second-order valence-electron chi connectivity index (χ2n) is 3.41. The quantitative estimate of drug-likeness (QED) is 0.742. The van der Waals surface area contributed by atoms with Gasteiger partial charge in [0.2, 0.25) is 10.0 Å². The molecule has 0 aromatic heterocycles. The molecule has 0 saturated heterocycles. The van der Waals surface area contributed by atoms with Crippen LogP contribution in [0.2, 0.25) is 0 Å². The second kappa shape index (κ2) is 4.99. The summed E-state index contributed by atoms with van der Waals surface area (Å²) in [6.07, 6.45) is 5.01. The summed E-state index contributed by atoms with van der Waals surface area (Å²) in [6.45, 7) is 1.77. The summed E-state index contributed by atoms with van der Waals surface area (Å²) in [6, 6.07) is 4.10. The monoisotopic (exact) mass is 252 g/mol. The van der Waals surface area contributed by atoms with Crippen molar-refractivity contribution in [3.8, 4) is 12.3 Å². The van der Waals surface area contributed by atoms with Gasteiger partial charge < -0.3 is 5.32 Å². The molecule has 0 spiro atoms. The molecule has 17 heavy (non-hydrogen) atoms. The zero-order valence-electron chi connectivity index (χ0n) is 9.23. The van der Waals surface area contributed by atoms with Gasteiger partial charge in [0.25, 0.3) is 5.91 Å². The molecule has 0 radical (unpaired) electrons. The molecule has 0 aliphatic carbocycles. The number of carbonyl (C=O) groups is 1. The van der Waals surface area contributed by atoms with Gasteiger partial charge in [-0.1, -0.05) is 12.0 Å². The molecular weight excluding hydrogens is 240 g/mol. The van der Waals surface area contributed by atoms with Crippen LogP contribution in [0.1, 0.15) is 15.9 Å². The van der Waals surface area contributed by atoms with E-state index in [1.807, 2.05) is 0 Å². The number of amides is 1. The molecule has 0 atom stereocenters. The molecule has 0 aliphatic rings. The van der Waals surface area contributed by atoms with Crippen LogP contribution in [0, 0.1) is 19.3 Å². The average molecular weight is 252 g/mol. The van der Waals surface area contributed by atoms with E-state index in [1.165, 1.54) is 18.2 Å². The molecule has 90 valence electrons. The Kier molecular flexibility index (Phi) is 3.89. The van der Waals surface area contributed by atoms with Crippen LogP contribution in [0.4, 0.5) is 0 Å². The van der Waals surface area contributed by atoms with E-state index in [1.54, 1.807) is 6.92 Å². The van der Waals surface area contributed by atoms with Crippen LogP contribution in [0.3, 0.4) is 0 Å². The number of rotatable bonds is 3. The number of primary sulfonamides is 1. The van der Waals surface area contributed by atoms with E-state index in [-0.39, 0.29) is 17.0 Å². The smallest absolute Gasteiger partial charge is 0.252 e. The van der Waals surface area contributed by atoms with Crippen molar-refractivity contribution in [2.24, 2.45) is 5.14 Å². The lowest BCUT2D eigenvalue weighted by Crippen LogP contribution is -2.25. The highest BCUT2D eigenvalue weighted by Crippen LogP contribution is 2.14. The Hall–Kier alpha value is -1.84. The van der Waals surface area contributed by atoms with Crippen LogP contribution < -0.4 is 10.5 Å². The van der Waals surface area contributed by atoms with Gasteiger partial charge in [-0.05, 0) is 24.6 Å². The average Bonchev–Trinajstić information content (AvgIpc) is 2.24. The molecule has 0 bridgehead atoms. The first-order valence-electron chi connectivity index (χ1n) is 4.71. The molecule has 0 saturated carbocycles. The van der Waals surface area contributed by atoms with E-state index < -0.39 is 15.9 Å². The molecule has 0 fully saturated rings. The summed E-state index contributed by atoms with van der Waals surface area (Å²) >= 11 is 0. The largest absolute Gasteiger partial charge is 0.341 e. The minimum atomic E-state index is -3.82. The van der Waals surface area contributed by atoms with Gasteiger partial charge >= 0.3 is 0 Å². The van der Waals surface area contributed by atoms with Gasteiger partial charge in [0.1, 0.15) is 0 Å². The Morgan fingerprint density at radius 1 is 1.53 bits per heavy atom. The minimum Gasteiger partial charge on any atom is -0.341 e. The highest BCUT2D eigenvalue weighted by molar-refractivity contribution is 7.89. The molecular formula is C11H12N2O3S. The number of nitrogens with one attached hydrogen (secondary N) is 1. The number of carbonyl (C=O) groups excluding carboxylic acids is 1. The van der Waals surface area contributed by atoms with Crippen molar-refractivity contribution in [2.75, 3.05) is 6.54 Å². The van der Waals surface area contributed by atoms with Gasteiger partial charge in [0, 0.05) is 5.56 Å². The number of aryl methyl sites for hydroxylation is 1. The van der Waals surface area contributed by atoms with Crippen molar-refractivity contribution in [3.63, 3.8) is 0 Å². The third-order valence-corrected chi connectivity index (χ3v) is 3.04. The highest BCUT2D eigenvalue weighted by atomic mass is 32.2. The Labute approximate surface area is 100 Å². The summed E-state index contributed by atoms with van der Waals surface area (Å²) in [7, 11) is -3.82. The standard InChI is InChI=1S/C11H12N2O3S/c1-3-6-13-11(14)10-7-9(17(12,15)16)5-4-8(10)2/h1,4-5,7H,6H2,2H3,(H,13,14)(H2,12,15,16). The lowest BCUT2D eigenvalue weighted by Gasteiger charge is -2.07. The third kappa shape index (κ3) is 3.31. The molecule has 0 unspecified atom stereocenters. The van der Waals surface area contributed by atoms with Crippen LogP contribution in [-0.4, -0.2) is 20.9 Å². The summed E-state index contributed by atoms with van der Waals surface area (Å²) in [5, 5.41) is 7.44. The fraction of sp³-hybridized carbons (Fsp3) is 0.182. The molecule has 1 aromatic rings. The van der Waals surface area contributed by atoms with E-state index in [2.05, 4.69) is 11.2 Å². The topological polar surface area (TPSA) is 89.3 Å². The molecule has 5 nitrogen and oxygen atoms in total. The lowest BCUT2D eigenvalue weighted by molar-refractivity contribution is 0.0958. The molecule has 1 rings (SSSR count). The molecule has 1 amide bonds. The van der Waals surface area contributed by atoms with Crippen molar-refractivity contribution in [1.29, 1.82) is 0 Å². The Morgan fingerprint density at radius 3 is 2.71 bits per heavy atom. The predicted molar refractivity (Wildman–Crippen MR) is 63.7 cm³/mol. The minimum absolute atomic E-state index is 0.0812. The van der Waals surface area contributed by atoms with Gasteiger partial charge in [-0.2, -0.15) is 0 Å². The van der Waals surface area contributed by atoms with Gasteiger partial charge in [-0.15, -0.1) is 6.42 Å². The first kappa shape index (κ1) is 13.2. The van der Waals surface area contributed by atoms with Gasteiger partial charge in [-0.25, -0.2) is 13.6 Å². The van der Waals surface area contributed by atoms with Gasteiger partial charge in [-0.3, -0.25) is 4.79 Å². The molecule has 6 heteroatoms. The Balaban J connectivity index is 3.16. The second-order valence-corrected chi connectivity index (χ2v) is 4.97. The summed E-state index contributed by atoms with van der Waals surface area (Å²) in [4.78, 5) is 11.6. The van der Waals surface area contributed by atoms with Gasteiger partial charge in [0.15, 0.2) is 0 Å². The van der Waals surface area contributed by atoms with E-state index in [0.717, 1.165) is 0 Å². The van der Waals surface area contributed by atoms with Crippen molar-refractivity contribution in [1.82, 2.24) is 5.32 Å². The summed E-state index contributed by atoms with van der Waals surface area (Å²) in [5.74, 6) is 1.83. The predicted octanol–water partition coefficient (Wildman–Crippen LogP) is 0.00542. The first-order chi connectivity index (χ1) is 7.86. The fourth-order valence-corrected chi connectivity index (χ4v) is 1.79. The van der Waals surface area contributed by atoms with Crippen LogP contribution in [-0.2, 0) is 10.0 Å². The van der Waals surface area contributed by atoms with E-state index in [0.29, 0.717) is 5.56 Å². The third-order valence-electron chi connectivity index (χ3n) is 2.13. The molecule has 3 N–H and O–H groups in total. The number of hydrogen-bond donors (Lipinski definition) is 2. The number of benzene rings is 1.